The molecule has 0 saturated carbocycles. The third-order valence-corrected chi connectivity index (χ3v) is 7.45. The van der Waals surface area contributed by atoms with E-state index in [-0.39, 0.29) is 11.3 Å². The summed E-state index contributed by atoms with van der Waals surface area (Å²) in [6.07, 6.45) is 3.16. The van der Waals surface area contributed by atoms with E-state index in [0.717, 1.165) is 57.6 Å². The van der Waals surface area contributed by atoms with Crippen molar-refractivity contribution < 1.29 is 9.72 Å². The first kappa shape index (κ1) is 22.5. The average molecular weight is 537 g/mol. The minimum atomic E-state index is -0.410. The predicted molar refractivity (Wildman–Crippen MR) is 140 cm³/mol. The first-order chi connectivity index (χ1) is 16.5. The SMILES string of the molecule is O=C(Nc1ccc(Br)cc1-c1nc2ccccc2s1)c1ccc(N2CCCCC2)c([N+](=O)[O-])c1. The number of amides is 1. The van der Waals surface area contributed by atoms with E-state index >= 15 is 0 Å². The van der Waals surface area contributed by atoms with Crippen molar-refractivity contribution in [2.45, 2.75) is 19.3 Å². The van der Waals surface area contributed by atoms with Gasteiger partial charge in [-0.05, 0) is 61.7 Å². The highest BCUT2D eigenvalue weighted by Gasteiger charge is 2.23. The van der Waals surface area contributed by atoms with Gasteiger partial charge in [-0.3, -0.25) is 14.9 Å². The van der Waals surface area contributed by atoms with Crippen LogP contribution in [0.4, 0.5) is 17.1 Å². The van der Waals surface area contributed by atoms with Crippen LogP contribution in [0.2, 0.25) is 0 Å². The molecule has 4 aromatic rings. The number of nitrogens with one attached hydrogen (secondary N) is 1. The Bertz CT molecular complexity index is 1370. The predicted octanol–water partition coefficient (Wildman–Crippen LogP) is 6.88. The lowest BCUT2D eigenvalue weighted by Gasteiger charge is -2.28. The Hall–Kier alpha value is -3.30. The molecule has 1 aliphatic heterocycles. The maximum absolute atomic E-state index is 13.1. The average Bonchev–Trinajstić information content (AvgIpc) is 3.29. The van der Waals surface area contributed by atoms with Crippen molar-refractivity contribution in [1.29, 1.82) is 0 Å². The van der Waals surface area contributed by atoms with Gasteiger partial charge in [-0.2, -0.15) is 0 Å². The van der Waals surface area contributed by atoms with Crippen LogP contribution >= 0.6 is 27.3 Å². The molecule has 0 unspecified atom stereocenters. The van der Waals surface area contributed by atoms with Crippen LogP contribution in [-0.2, 0) is 0 Å². The van der Waals surface area contributed by atoms with E-state index in [1.165, 1.54) is 6.07 Å². The van der Waals surface area contributed by atoms with Gasteiger partial charge in [0.2, 0.25) is 0 Å². The standard InChI is InChI=1S/C25H21BrN4O3S/c26-17-9-10-19(18(15-17)25-28-20-6-2-3-7-23(20)34-25)27-24(31)16-8-11-21(22(14-16)30(32)33)29-12-4-1-5-13-29/h2-3,6-11,14-15H,1,4-5,12-13H2,(H,27,31). The molecule has 3 aromatic carbocycles. The molecule has 0 spiro atoms. The summed E-state index contributed by atoms with van der Waals surface area (Å²) < 4.78 is 1.92. The second kappa shape index (κ2) is 9.52. The van der Waals surface area contributed by atoms with Crippen LogP contribution in [0.15, 0.2) is 65.1 Å². The molecule has 2 heterocycles. The van der Waals surface area contributed by atoms with Crippen LogP contribution in [-0.4, -0.2) is 28.9 Å². The molecule has 1 aliphatic rings. The lowest BCUT2D eigenvalue weighted by Crippen LogP contribution is -2.30. The summed E-state index contributed by atoms with van der Waals surface area (Å²) in [6.45, 7) is 1.58. The van der Waals surface area contributed by atoms with Gasteiger partial charge in [-0.25, -0.2) is 4.98 Å². The monoisotopic (exact) mass is 536 g/mol. The molecular weight excluding hydrogens is 516 g/mol. The number of halogens is 1. The number of para-hydroxylation sites is 1. The van der Waals surface area contributed by atoms with E-state index in [1.807, 2.05) is 41.3 Å². The van der Waals surface area contributed by atoms with Gasteiger partial charge in [0, 0.05) is 34.8 Å². The van der Waals surface area contributed by atoms with Gasteiger partial charge in [0.15, 0.2) is 0 Å². The van der Waals surface area contributed by atoms with Gasteiger partial charge in [-0.1, -0.05) is 28.1 Å². The molecule has 1 fully saturated rings. The normalized spacial score (nSPS) is 13.7. The molecule has 0 aliphatic carbocycles. The Morgan fingerprint density at radius 2 is 1.85 bits per heavy atom. The number of benzene rings is 3. The number of nitro benzene ring substituents is 1. The van der Waals surface area contributed by atoms with Gasteiger partial charge < -0.3 is 10.2 Å². The van der Waals surface area contributed by atoms with Crippen molar-refractivity contribution in [2.75, 3.05) is 23.3 Å². The summed E-state index contributed by atoms with van der Waals surface area (Å²) in [4.78, 5) is 31.3. The number of nitro groups is 1. The number of hydrogen-bond acceptors (Lipinski definition) is 6. The zero-order valence-electron chi connectivity index (χ0n) is 18.2. The van der Waals surface area contributed by atoms with Gasteiger partial charge in [0.05, 0.1) is 20.8 Å². The lowest BCUT2D eigenvalue weighted by molar-refractivity contribution is -0.384. The molecule has 0 bridgehead atoms. The minimum Gasteiger partial charge on any atom is -0.366 e. The fraction of sp³-hybridized carbons (Fsp3) is 0.200. The van der Waals surface area contributed by atoms with E-state index in [0.29, 0.717) is 11.4 Å². The van der Waals surface area contributed by atoms with Crippen molar-refractivity contribution in [3.63, 3.8) is 0 Å². The first-order valence-corrected chi connectivity index (χ1v) is 12.6. The Balaban J connectivity index is 1.46. The molecule has 7 nitrogen and oxygen atoms in total. The second-order valence-electron chi connectivity index (χ2n) is 8.14. The highest BCUT2D eigenvalue weighted by molar-refractivity contribution is 9.10. The summed E-state index contributed by atoms with van der Waals surface area (Å²) in [5.74, 6) is -0.405. The zero-order valence-corrected chi connectivity index (χ0v) is 20.6. The van der Waals surface area contributed by atoms with Crippen molar-refractivity contribution >= 4 is 60.5 Å². The second-order valence-corrected chi connectivity index (χ2v) is 10.1. The molecule has 1 saturated heterocycles. The summed E-state index contributed by atoms with van der Waals surface area (Å²) >= 11 is 5.05. The van der Waals surface area contributed by atoms with E-state index < -0.39 is 10.8 Å². The lowest BCUT2D eigenvalue weighted by atomic mass is 10.1. The number of rotatable bonds is 5. The number of anilines is 2. The van der Waals surface area contributed by atoms with E-state index in [4.69, 9.17) is 4.98 Å². The van der Waals surface area contributed by atoms with Gasteiger partial charge >= 0.3 is 0 Å². The molecule has 0 atom stereocenters. The van der Waals surface area contributed by atoms with Crippen LogP contribution in [0.25, 0.3) is 20.8 Å². The van der Waals surface area contributed by atoms with Crippen molar-refractivity contribution in [1.82, 2.24) is 4.98 Å². The van der Waals surface area contributed by atoms with Crippen LogP contribution in [0.1, 0.15) is 29.6 Å². The highest BCUT2D eigenvalue weighted by atomic mass is 79.9. The summed E-state index contributed by atoms with van der Waals surface area (Å²) in [5.41, 5.74) is 3.03. The third kappa shape index (κ3) is 4.53. The van der Waals surface area contributed by atoms with Crippen LogP contribution in [0.5, 0.6) is 0 Å². The van der Waals surface area contributed by atoms with Gasteiger partial charge in [-0.15, -0.1) is 11.3 Å². The zero-order chi connectivity index (χ0) is 23.7. The molecule has 5 rings (SSSR count). The molecular formula is C25H21BrN4O3S. The number of carbonyl (C=O) groups excluding carboxylic acids is 1. The summed E-state index contributed by atoms with van der Waals surface area (Å²) in [6, 6.07) is 18.1. The maximum Gasteiger partial charge on any atom is 0.293 e. The highest BCUT2D eigenvalue weighted by Crippen LogP contribution is 2.37. The number of carbonyl (C=O) groups is 1. The van der Waals surface area contributed by atoms with E-state index in [9.17, 15) is 14.9 Å². The third-order valence-electron chi connectivity index (χ3n) is 5.89. The molecule has 1 amide bonds. The molecule has 172 valence electrons. The van der Waals surface area contributed by atoms with E-state index in [2.05, 4.69) is 21.2 Å². The van der Waals surface area contributed by atoms with Crippen LogP contribution < -0.4 is 10.2 Å². The summed E-state index contributed by atoms with van der Waals surface area (Å²) in [7, 11) is 0. The van der Waals surface area contributed by atoms with Crippen LogP contribution in [0, 0.1) is 10.1 Å². The smallest absolute Gasteiger partial charge is 0.293 e. The quantitative estimate of drug-likeness (QED) is 0.222. The van der Waals surface area contributed by atoms with Crippen molar-refractivity contribution in [3.05, 3.63) is 80.8 Å². The van der Waals surface area contributed by atoms with Gasteiger partial charge in [0.25, 0.3) is 11.6 Å². The Morgan fingerprint density at radius 3 is 2.62 bits per heavy atom. The number of hydrogen-bond donors (Lipinski definition) is 1. The number of fused-ring (bicyclic) bond motifs is 1. The number of thiazole rings is 1. The van der Waals surface area contributed by atoms with E-state index in [1.54, 1.807) is 29.5 Å². The number of piperidine rings is 1. The Morgan fingerprint density at radius 1 is 1.06 bits per heavy atom. The molecule has 1 aromatic heterocycles. The molecule has 9 heteroatoms. The molecule has 0 radical (unpaired) electrons. The fourth-order valence-corrected chi connectivity index (χ4v) is 5.55. The van der Waals surface area contributed by atoms with Gasteiger partial charge in [0.1, 0.15) is 10.7 Å². The minimum absolute atomic E-state index is 0.0447. The van der Waals surface area contributed by atoms with Crippen molar-refractivity contribution in [3.8, 4) is 10.6 Å². The van der Waals surface area contributed by atoms with Crippen LogP contribution in [0.3, 0.4) is 0 Å². The molecule has 1 N–H and O–H groups in total. The maximum atomic E-state index is 13.1. The van der Waals surface area contributed by atoms with Crippen molar-refractivity contribution in [2.24, 2.45) is 0 Å². The Labute approximate surface area is 208 Å². The number of nitrogens with zero attached hydrogens (tertiary/aromatic N) is 3. The Kier molecular flexibility index (Phi) is 6.30. The largest absolute Gasteiger partial charge is 0.366 e. The fourth-order valence-electron chi connectivity index (χ4n) is 4.20. The topological polar surface area (TPSA) is 88.4 Å². The first-order valence-electron chi connectivity index (χ1n) is 11.0. The number of aromatic nitrogens is 1. The molecule has 34 heavy (non-hydrogen) atoms. The summed E-state index contributed by atoms with van der Waals surface area (Å²) in [5, 5.41) is 15.5.